The fourth-order valence-corrected chi connectivity index (χ4v) is 2.09. The third-order valence-electron chi connectivity index (χ3n) is 2.58. The number of nitro benzene ring substituents is 1. The van der Waals surface area contributed by atoms with Crippen molar-refractivity contribution in [1.82, 2.24) is 5.32 Å². The summed E-state index contributed by atoms with van der Waals surface area (Å²) in [5.41, 5.74) is 0.0225. The van der Waals surface area contributed by atoms with E-state index in [9.17, 15) is 10.1 Å². The van der Waals surface area contributed by atoms with Gasteiger partial charge >= 0.3 is 0 Å². The van der Waals surface area contributed by atoms with Crippen LogP contribution in [0, 0.1) is 16.0 Å². The van der Waals surface area contributed by atoms with Gasteiger partial charge in [0.25, 0.3) is 5.69 Å². The molecule has 6 heteroatoms. The van der Waals surface area contributed by atoms with Crippen LogP contribution < -0.4 is 10.1 Å². The lowest BCUT2D eigenvalue weighted by atomic mass is 10.2. The molecule has 1 aromatic rings. The van der Waals surface area contributed by atoms with Gasteiger partial charge in [-0.05, 0) is 35.0 Å². The van der Waals surface area contributed by atoms with E-state index in [1.807, 2.05) is 0 Å². The molecular formula is C13H19BrN2O3. The fourth-order valence-electron chi connectivity index (χ4n) is 1.57. The Kier molecular flexibility index (Phi) is 6.80. The highest BCUT2D eigenvalue weighted by Gasteiger charge is 2.16. The molecule has 0 aliphatic rings. The molecule has 0 saturated carbocycles. The molecule has 0 fully saturated rings. The van der Waals surface area contributed by atoms with Crippen molar-refractivity contribution in [3.8, 4) is 5.75 Å². The molecule has 0 amide bonds. The molecule has 106 valence electrons. The molecule has 0 radical (unpaired) electrons. The highest BCUT2D eigenvalue weighted by atomic mass is 79.9. The van der Waals surface area contributed by atoms with Gasteiger partial charge in [-0.15, -0.1) is 0 Å². The number of nitrogens with one attached hydrogen (secondary N) is 1. The van der Waals surface area contributed by atoms with E-state index in [0.717, 1.165) is 19.5 Å². The molecule has 1 unspecified atom stereocenters. The summed E-state index contributed by atoms with van der Waals surface area (Å²) in [6.07, 6.45) is 1.10. The zero-order valence-electron chi connectivity index (χ0n) is 11.2. The minimum atomic E-state index is -0.427. The molecule has 19 heavy (non-hydrogen) atoms. The van der Waals surface area contributed by atoms with Crippen LogP contribution in [0.1, 0.15) is 20.3 Å². The summed E-state index contributed by atoms with van der Waals surface area (Å²) >= 11 is 3.21. The van der Waals surface area contributed by atoms with Crippen molar-refractivity contribution in [2.24, 2.45) is 5.92 Å². The Bertz CT molecular complexity index is 426. The quantitative estimate of drug-likeness (QED) is 0.451. The van der Waals surface area contributed by atoms with Gasteiger partial charge in [0.2, 0.25) is 0 Å². The van der Waals surface area contributed by atoms with Crippen molar-refractivity contribution in [3.63, 3.8) is 0 Å². The van der Waals surface area contributed by atoms with Crippen LogP contribution in [-0.4, -0.2) is 24.6 Å². The maximum absolute atomic E-state index is 10.8. The smallest absolute Gasteiger partial charge is 0.287 e. The zero-order valence-corrected chi connectivity index (χ0v) is 12.8. The van der Waals surface area contributed by atoms with Crippen molar-refractivity contribution in [3.05, 3.63) is 32.8 Å². The second kappa shape index (κ2) is 8.12. The number of halogens is 1. The molecular weight excluding hydrogens is 312 g/mol. The molecule has 1 atom stereocenters. The number of rotatable bonds is 8. The lowest BCUT2D eigenvalue weighted by Crippen LogP contribution is -2.25. The lowest BCUT2D eigenvalue weighted by molar-refractivity contribution is -0.385. The van der Waals surface area contributed by atoms with Gasteiger partial charge in [-0.3, -0.25) is 10.1 Å². The van der Waals surface area contributed by atoms with Gasteiger partial charge < -0.3 is 10.1 Å². The standard InChI is InChI=1S/C13H19BrN2O3/c1-3-7-15-8-10(2)9-19-12-6-4-5-11(13(12)14)16(17)18/h4-6,10,15H,3,7-9H2,1-2H3. The second-order valence-electron chi connectivity index (χ2n) is 4.47. The molecule has 1 N–H and O–H groups in total. The normalized spacial score (nSPS) is 12.2. The minimum Gasteiger partial charge on any atom is -0.492 e. The number of nitrogens with zero attached hydrogens (tertiary/aromatic N) is 1. The molecule has 1 rings (SSSR count). The van der Waals surface area contributed by atoms with E-state index in [2.05, 4.69) is 35.1 Å². The number of nitro groups is 1. The van der Waals surface area contributed by atoms with E-state index in [1.165, 1.54) is 6.07 Å². The largest absolute Gasteiger partial charge is 0.492 e. The summed E-state index contributed by atoms with van der Waals surface area (Å²) in [5, 5.41) is 14.1. The van der Waals surface area contributed by atoms with Gasteiger partial charge in [0, 0.05) is 18.5 Å². The predicted molar refractivity (Wildman–Crippen MR) is 78.6 cm³/mol. The highest BCUT2D eigenvalue weighted by molar-refractivity contribution is 9.10. The Balaban J connectivity index is 2.53. The Hall–Kier alpha value is -1.14. The summed E-state index contributed by atoms with van der Waals surface area (Å²) < 4.78 is 6.03. The van der Waals surface area contributed by atoms with E-state index >= 15 is 0 Å². The third kappa shape index (κ3) is 5.16. The lowest BCUT2D eigenvalue weighted by Gasteiger charge is -2.14. The van der Waals surface area contributed by atoms with Crippen molar-refractivity contribution >= 4 is 21.6 Å². The Morgan fingerprint density at radius 2 is 2.26 bits per heavy atom. The summed E-state index contributed by atoms with van der Waals surface area (Å²) in [6.45, 7) is 6.59. The van der Waals surface area contributed by atoms with Crippen LogP contribution in [0.4, 0.5) is 5.69 Å². The van der Waals surface area contributed by atoms with Crippen molar-refractivity contribution in [2.75, 3.05) is 19.7 Å². The second-order valence-corrected chi connectivity index (χ2v) is 5.26. The average Bonchev–Trinajstić information content (AvgIpc) is 2.37. The first-order valence-corrected chi connectivity index (χ1v) is 7.12. The van der Waals surface area contributed by atoms with Gasteiger partial charge in [0.15, 0.2) is 0 Å². The number of hydrogen-bond acceptors (Lipinski definition) is 4. The molecule has 0 aromatic heterocycles. The SMILES string of the molecule is CCCNCC(C)COc1cccc([N+](=O)[O-])c1Br. The number of benzene rings is 1. The molecule has 0 aliphatic heterocycles. The van der Waals surface area contributed by atoms with Crippen LogP contribution >= 0.6 is 15.9 Å². The monoisotopic (exact) mass is 330 g/mol. The van der Waals surface area contributed by atoms with E-state index in [-0.39, 0.29) is 5.69 Å². The van der Waals surface area contributed by atoms with Crippen LogP contribution in [0.3, 0.4) is 0 Å². The molecule has 0 aliphatic carbocycles. The van der Waals surface area contributed by atoms with E-state index in [0.29, 0.717) is 22.7 Å². The van der Waals surface area contributed by atoms with E-state index in [1.54, 1.807) is 12.1 Å². The summed E-state index contributed by atoms with van der Waals surface area (Å²) in [7, 11) is 0. The molecule has 1 aromatic carbocycles. The highest BCUT2D eigenvalue weighted by Crippen LogP contribution is 2.33. The van der Waals surface area contributed by atoms with Gasteiger partial charge in [-0.1, -0.05) is 19.9 Å². The predicted octanol–water partition coefficient (Wildman–Crippen LogP) is 3.37. The van der Waals surface area contributed by atoms with Crippen LogP contribution in [0.2, 0.25) is 0 Å². The Morgan fingerprint density at radius 1 is 1.53 bits per heavy atom. The number of hydrogen-bond donors (Lipinski definition) is 1. The molecule has 0 spiro atoms. The van der Waals surface area contributed by atoms with Gasteiger partial charge in [0.05, 0.1) is 11.5 Å². The maximum atomic E-state index is 10.8. The van der Waals surface area contributed by atoms with Crippen molar-refractivity contribution < 1.29 is 9.66 Å². The first-order chi connectivity index (χ1) is 9.06. The Morgan fingerprint density at radius 3 is 2.89 bits per heavy atom. The van der Waals surface area contributed by atoms with Crippen molar-refractivity contribution in [1.29, 1.82) is 0 Å². The topological polar surface area (TPSA) is 64.4 Å². The van der Waals surface area contributed by atoms with Gasteiger partial charge in [-0.2, -0.15) is 0 Å². The fraction of sp³-hybridized carbons (Fsp3) is 0.538. The van der Waals surface area contributed by atoms with Gasteiger partial charge in [-0.25, -0.2) is 0 Å². The van der Waals surface area contributed by atoms with Crippen LogP contribution in [0.5, 0.6) is 5.75 Å². The maximum Gasteiger partial charge on any atom is 0.287 e. The van der Waals surface area contributed by atoms with Crippen LogP contribution in [0.25, 0.3) is 0 Å². The molecule has 0 saturated heterocycles. The first-order valence-electron chi connectivity index (χ1n) is 6.32. The summed E-state index contributed by atoms with van der Waals surface area (Å²) in [5.74, 6) is 0.856. The molecule has 5 nitrogen and oxygen atoms in total. The molecule has 0 bridgehead atoms. The van der Waals surface area contributed by atoms with Crippen LogP contribution in [0.15, 0.2) is 22.7 Å². The molecule has 0 heterocycles. The first kappa shape index (κ1) is 15.9. The van der Waals surface area contributed by atoms with Crippen molar-refractivity contribution in [2.45, 2.75) is 20.3 Å². The minimum absolute atomic E-state index is 0.0225. The zero-order chi connectivity index (χ0) is 14.3. The van der Waals surface area contributed by atoms with E-state index in [4.69, 9.17) is 4.74 Å². The summed E-state index contributed by atoms with van der Waals surface area (Å²) in [6, 6.07) is 4.80. The van der Waals surface area contributed by atoms with Gasteiger partial charge in [0.1, 0.15) is 10.2 Å². The third-order valence-corrected chi connectivity index (χ3v) is 3.38. The van der Waals surface area contributed by atoms with Crippen LogP contribution in [-0.2, 0) is 0 Å². The summed E-state index contributed by atoms with van der Waals surface area (Å²) in [4.78, 5) is 10.4. The van der Waals surface area contributed by atoms with E-state index < -0.39 is 4.92 Å². The number of ether oxygens (including phenoxy) is 1. The Labute approximate surface area is 121 Å². The average molecular weight is 331 g/mol.